The maximum Gasteiger partial charge on any atom is 0.223 e. The second-order valence-electron chi connectivity index (χ2n) is 8.14. The van der Waals surface area contributed by atoms with E-state index in [1.165, 1.54) is 11.3 Å². The first-order chi connectivity index (χ1) is 15.2. The minimum Gasteiger partial charge on any atom is -0.378 e. The van der Waals surface area contributed by atoms with Gasteiger partial charge in [-0.05, 0) is 35.2 Å². The van der Waals surface area contributed by atoms with Gasteiger partial charge >= 0.3 is 0 Å². The van der Waals surface area contributed by atoms with Crippen LogP contribution in [-0.2, 0) is 16.0 Å². The molecule has 2 aliphatic rings. The molecule has 2 N–H and O–H groups in total. The molecule has 2 aromatic heterocycles. The van der Waals surface area contributed by atoms with Crippen LogP contribution in [0.1, 0.15) is 5.56 Å². The standard InChI is InChI=1S/C23H27N5O2S/c1-28(2)16-7-5-15(6-8-16)12-25-18-13-29-22-19(14-30-21(18)22)27-23-24-10-9-17(26-23)20-4-3-11-31-20/h3-11,18-19,21-22,25H,12-14H2,1-2H3,(H,24,26,27)/t18-,19-,21+,22+/m0/s1. The van der Waals surface area contributed by atoms with Crippen molar-refractivity contribution in [3.8, 4) is 10.6 Å². The number of thiophene rings is 1. The van der Waals surface area contributed by atoms with Gasteiger partial charge in [0, 0.05) is 32.5 Å². The van der Waals surface area contributed by atoms with Crippen molar-refractivity contribution in [2.75, 3.05) is 37.5 Å². The van der Waals surface area contributed by atoms with Crippen LogP contribution in [0.5, 0.6) is 0 Å². The Balaban J connectivity index is 1.18. The molecule has 7 nitrogen and oxygen atoms in total. The third-order valence-electron chi connectivity index (χ3n) is 5.82. The van der Waals surface area contributed by atoms with E-state index in [9.17, 15) is 0 Å². The summed E-state index contributed by atoms with van der Waals surface area (Å²) < 4.78 is 12.2. The van der Waals surface area contributed by atoms with E-state index in [-0.39, 0.29) is 24.3 Å². The van der Waals surface area contributed by atoms with Crippen molar-refractivity contribution < 1.29 is 9.47 Å². The van der Waals surface area contributed by atoms with Gasteiger partial charge in [-0.2, -0.15) is 0 Å². The number of rotatable bonds is 7. The van der Waals surface area contributed by atoms with Crippen LogP contribution in [0.3, 0.4) is 0 Å². The number of benzene rings is 1. The zero-order chi connectivity index (χ0) is 21.2. The van der Waals surface area contributed by atoms with Gasteiger partial charge in [-0.25, -0.2) is 9.97 Å². The molecule has 2 saturated heterocycles. The molecule has 5 rings (SSSR count). The fourth-order valence-electron chi connectivity index (χ4n) is 4.11. The van der Waals surface area contributed by atoms with Gasteiger partial charge in [-0.15, -0.1) is 11.3 Å². The van der Waals surface area contributed by atoms with E-state index in [4.69, 9.17) is 9.47 Å². The summed E-state index contributed by atoms with van der Waals surface area (Å²) in [5.74, 6) is 0.612. The number of hydrogen-bond donors (Lipinski definition) is 2. The zero-order valence-corrected chi connectivity index (χ0v) is 18.5. The van der Waals surface area contributed by atoms with Crippen molar-refractivity contribution in [2.45, 2.75) is 30.8 Å². The van der Waals surface area contributed by atoms with Crippen molar-refractivity contribution in [3.63, 3.8) is 0 Å². The van der Waals surface area contributed by atoms with Crippen LogP contribution < -0.4 is 15.5 Å². The van der Waals surface area contributed by atoms with Crippen LogP contribution in [0.25, 0.3) is 10.6 Å². The molecular weight excluding hydrogens is 410 g/mol. The first-order valence-corrected chi connectivity index (χ1v) is 11.4. The van der Waals surface area contributed by atoms with E-state index >= 15 is 0 Å². The number of aromatic nitrogens is 2. The average Bonchev–Trinajstić information content (AvgIpc) is 3.53. The number of hydrogen-bond acceptors (Lipinski definition) is 8. The van der Waals surface area contributed by atoms with Crippen molar-refractivity contribution in [3.05, 3.63) is 59.6 Å². The second-order valence-corrected chi connectivity index (χ2v) is 9.09. The normalized spacial score (nSPS) is 24.8. The monoisotopic (exact) mass is 437 g/mol. The van der Waals surface area contributed by atoms with Crippen molar-refractivity contribution >= 4 is 23.0 Å². The summed E-state index contributed by atoms with van der Waals surface area (Å²) in [5.41, 5.74) is 3.38. The van der Waals surface area contributed by atoms with E-state index < -0.39 is 0 Å². The third-order valence-corrected chi connectivity index (χ3v) is 6.71. The smallest absolute Gasteiger partial charge is 0.223 e. The molecule has 3 aromatic rings. The lowest BCUT2D eigenvalue weighted by atomic mass is 10.1. The maximum absolute atomic E-state index is 6.11. The molecule has 0 bridgehead atoms. The summed E-state index contributed by atoms with van der Waals surface area (Å²) >= 11 is 1.67. The Bertz CT molecular complexity index is 995. The van der Waals surface area contributed by atoms with Gasteiger partial charge in [0.05, 0.1) is 35.9 Å². The summed E-state index contributed by atoms with van der Waals surface area (Å²) in [7, 11) is 4.10. The number of nitrogens with one attached hydrogen (secondary N) is 2. The number of nitrogens with zero attached hydrogens (tertiary/aromatic N) is 3. The first-order valence-electron chi connectivity index (χ1n) is 10.5. The second kappa shape index (κ2) is 8.92. The summed E-state index contributed by atoms with van der Waals surface area (Å²) in [6, 6.07) is 14.8. The molecule has 0 aliphatic carbocycles. The van der Waals surface area contributed by atoms with Crippen molar-refractivity contribution in [2.24, 2.45) is 0 Å². The van der Waals surface area contributed by atoms with Crippen LogP contribution in [0, 0.1) is 0 Å². The summed E-state index contributed by atoms with van der Waals surface area (Å²) in [6.07, 6.45) is 1.81. The topological polar surface area (TPSA) is 71.5 Å². The van der Waals surface area contributed by atoms with E-state index in [1.54, 1.807) is 17.5 Å². The van der Waals surface area contributed by atoms with Crippen LogP contribution in [0.2, 0.25) is 0 Å². The molecule has 4 atom stereocenters. The Labute approximate surface area is 186 Å². The summed E-state index contributed by atoms with van der Waals surface area (Å²) in [5, 5.41) is 9.09. The fraction of sp³-hybridized carbons (Fsp3) is 0.391. The molecule has 2 fully saturated rings. The number of fused-ring (bicyclic) bond motifs is 1. The van der Waals surface area contributed by atoms with E-state index in [0.29, 0.717) is 19.2 Å². The zero-order valence-electron chi connectivity index (χ0n) is 17.7. The predicted octanol–water partition coefficient (Wildman–Crippen LogP) is 3.01. The quantitative estimate of drug-likeness (QED) is 0.589. The van der Waals surface area contributed by atoms with Gasteiger partial charge in [0.1, 0.15) is 12.2 Å². The Morgan fingerprint density at radius 3 is 2.55 bits per heavy atom. The highest BCUT2D eigenvalue weighted by molar-refractivity contribution is 7.13. The Morgan fingerprint density at radius 1 is 1.03 bits per heavy atom. The van der Waals surface area contributed by atoms with Gasteiger partial charge in [0.25, 0.3) is 0 Å². The van der Waals surface area contributed by atoms with Crippen LogP contribution in [0.15, 0.2) is 54.0 Å². The van der Waals surface area contributed by atoms with Crippen molar-refractivity contribution in [1.29, 1.82) is 0 Å². The minimum atomic E-state index is -0.0115. The highest BCUT2D eigenvalue weighted by Crippen LogP contribution is 2.29. The van der Waals surface area contributed by atoms with E-state index in [0.717, 1.165) is 17.1 Å². The van der Waals surface area contributed by atoms with Crippen LogP contribution in [-0.4, -0.2) is 61.6 Å². The van der Waals surface area contributed by atoms with Gasteiger partial charge in [-0.3, -0.25) is 0 Å². The van der Waals surface area contributed by atoms with E-state index in [2.05, 4.69) is 75.3 Å². The molecule has 0 amide bonds. The predicted molar refractivity (Wildman–Crippen MR) is 124 cm³/mol. The minimum absolute atomic E-state index is 0.0115. The summed E-state index contributed by atoms with van der Waals surface area (Å²) in [4.78, 5) is 12.3. The SMILES string of the molecule is CN(C)c1ccc(CN[C@H]2CO[C@H]3[C@@H]2OC[C@@H]3Nc2nccc(-c3cccs3)n2)cc1. The highest BCUT2D eigenvalue weighted by Gasteiger charge is 2.47. The molecule has 4 heterocycles. The molecule has 0 unspecified atom stereocenters. The lowest BCUT2D eigenvalue weighted by Crippen LogP contribution is -2.41. The van der Waals surface area contributed by atoms with Crippen LogP contribution >= 0.6 is 11.3 Å². The highest BCUT2D eigenvalue weighted by atomic mass is 32.1. The molecule has 8 heteroatoms. The van der Waals surface area contributed by atoms with Gasteiger partial charge in [0.2, 0.25) is 5.95 Å². The van der Waals surface area contributed by atoms with Gasteiger partial charge in [0.15, 0.2) is 0 Å². The molecule has 2 aliphatic heterocycles. The Kier molecular flexibility index (Phi) is 5.87. The van der Waals surface area contributed by atoms with Gasteiger partial charge in [-0.1, -0.05) is 18.2 Å². The van der Waals surface area contributed by atoms with Gasteiger partial charge < -0.3 is 25.0 Å². The molecule has 31 heavy (non-hydrogen) atoms. The molecule has 0 radical (unpaired) electrons. The summed E-state index contributed by atoms with van der Waals surface area (Å²) in [6.45, 7) is 2.01. The largest absolute Gasteiger partial charge is 0.378 e. The number of ether oxygens (including phenoxy) is 2. The third kappa shape index (κ3) is 4.43. The molecule has 1 aromatic carbocycles. The lowest BCUT2D eigenvalue weighted by Gasteiger charge is -2.19. The van der Waals surface area contributed by atoms with Crippen molar-refractivity contribution in [1.82, 2.24) is 15.3 Å². The number of anilines is 2. The Hall–Kier alpha value is -2.52. The van der Waals surface area contributed by atoms with E-state index in [1.807, 2.05) is 12.1 Å². The van der Waals surface area contributed by atoms with Crippen LogP contribution in [0.4, 0.5) is 11.6 Å². The lowest BCUT2D eigenvalue weighted by molar-refractivity contribution is 0.0675. The molecule has 0 spiro atoms. The first kappa shape index (κ1) is 20.4. The fourth-order valence-corrected chi connectivity index (χ4v) is 4.81. The maximum atomic E-state index is 6.11. The Morgan fingerprint density at radius 2 is 1.81 bits per heavy atom. The average molecular weight is 438 g/mol. The molecular formula is C23H27N5O2S. The molecule has 0 saturated carbocycles. The molecule has 162 valence electrons.